The van der Waals surface area contributed by atoms with E-state index in [0.29, 0.717) is 4.48 Å². The SMILES string of the molecule is C[N+](C)(C)CCCCCCCCCCCC(O)[N+](C)(C)C.O. The molecule has 0 saturated carbocycles. The molecule has 136 valence electrons. The van der Waals surface area contributed by atoms with Crippen LogP contribution in [0.4, 0.5) is 0 Å². The van der Waals surface area contributed by atoms with Crippen LogP contribution < -0.4 is 0 Å². The average Bonchev–Trinajstić information content (AvgIpc) is 2.33. The summed E-state index contributed by atoms with van der Waals surface area (Å²) in [5.74, 6) is 0. The second-order valence-corrected chi connectivity index (χ2v) is 8.58. The van der Waals surface area contributed by atoms with Crippen molar-refractivity contribution in [2.24, 2.45) is 0 Å². The summed E-state index contributed by atoms with van der Waals surface area (Å²) in [5, 5.41) is 9.94. The van der Waals surface area contributed by atoms with Gasteiger partial charge in [-0.3, -0.25) is 0 Å². The van der Waals surface area contributed by atoms with E-state index < -0.39 is 0 Å². The zero-order valence-electron chi connectivity index (χ0n) is 16.2. The van der Waals surface area contributed by atoms with Gasteiger partial charge in [0, 0.05) is 6.42 Å². The molecule has 0 amide bonds. The molecule has 0 aromatic rings. The first-order valence-corrected chi connectivity index (χ1v) is 8.92. The predicted molar refractivity (Wildman–Crippen MR) is 96.7 cm³/mol. The summed E-state index contributed by atoms with van der Waals surface area (Å²) >= 11 is 0. The highest BCUT2D eigenvalue weighted by Crippen LogP contribution is 2.13. The maximum Gasteiger partial charge on any atom is 0.189 e. The van der Waals surface area contributed by atoms with Gasteiger partial charge in [-0.15, -0.1) is 0 Å². The van der Waals surface area contributed by atoms with Crippen LogP contribution in [0.5, 0.6) is 0 Å². The van der Waals surface area contributed by atoms with Crippen LogP contribution in [-0.2, 0) is 0 Å². The van der Waals surface area contributed by atoms with E-state index in [0.717, 1.165) is 10.9 Å². The predicted octanol–water partition coefficient (Wildman–Crippen LogP) is 2.79. The Morgan fingerprint density at radius 1 is 0.636 bits per heavy atom. The van der Waals surface area contributed by atoms with Crippen molar-refractivity contribution in [3.05, 3.63) is 0 Å². The number of rotatable bonds is 13. The van der Waals surface area contributed by atoms with E-state index in [1.807, 2.05) is 0 Å². The average molecular weight is 321 g/mol. The fraction of sp³-hybridized carbons (Fsp3) is 1.00. The van der Waals surface area contributed by atoms with E-state index >= 15 is 0 Å². The van der Waals surface area contributed by atoms with Crippen molar-refractivity contribution in [1.29, 1.82) is 0 Å². The summed E-state index contributed by atoms with van der Waals surface area (Å²) in [4.78, 5) is 0. The Kier molecular flexibility index (Phi) is 13.5. The highest BCUT2D eigenvalue weighted by atomic mass is 16.3. The number of aliphatic hydroxyl groups is 1. The van der Waals surface area contributed by atoms with E-state index in [1.54, 1.807) is 0 Å². The third-order valence-electron chi connectivity index (χ3n) is 4.19. The Bertz CT molecular complexity index is 244. The van der Waals surface area contributed by atoms with Gasteiger partial charge >= 0.3 is 0 Å². The molecular formula is C18H44N2O2+2. The molecule has 0 saturated heterocycles. The third kappa shape index (κ3) is 16.2. The minimum absolute atomic E-state index is 0. The maximum absolute atomic E-state index is 9.94. The van der Waals surface area contributed by atoms with Crippen molar-refractivity contribution in [2.45, 2.75) is 70.4 Å². The first kappa shape index (κ1) is 24.1. The number of nitrogens with zero attached hydrogens (tertiary/aromatic N) is 2. The zero-order chi connectivity index (χ0) is 16.4. The Morgan fingerprint density at radius 2 is 1.00 bits per heavy atom. The fourth-order valence-corrected chi connectivity index (χ4v) is 2.54. The molecule has 22 heavy (non-hydrogen) atoms. The molecule has 0 aromatic heterocycles. The maximum atomic E-state index is 9.94. The van der Waals surface area contributed by atoms with Crippen LogP contribution in [-0.4, -0.2) is 74.6 Å². The number of quaternary nitrogens is 2. The van der Waals surface area contributed by atoms with Gasteiger partial charge in [0.05, 0.1) is 48.8 Å². The Balaban J connectivity index is 0. The van der Waals surface area contributed by atoms with Crippen molar-refractivity contribution in [1.82, 2.24) is 0 Å². The first-order valence-electron chi connectivity index (χ1n) is 8.92. The summed E-state index contributed by atoms with van der Waals surface area (Å²) in [6.07, 6.45) is 12.8. The molecule has 4 nitrogen and oxygen atoms in total. The summed E-state index contributed by atoms with van der Waals surface area (Å²) in [7, 11) is 13.0. The molecular weight excluding hydrogens is 276 g/mol. The summed E-state index contributed by atoms with van der Waals surface area (Å²) in [6, 6.07) is 0. The monoisotopic (exact) mass is 320 g/mol. The quantitative estimate of drug-likeness (QED) is 0.317. The molecule has 4 heteroatoms. The number of hydrogen-bond acceptors (Lipinski definition) is 1. The van der Waals surface area contributed by atoms with Crippen LogP contribution in [0.15, 0.2) is 0 Å². The van der Waals surface area contributed by atoms with Crippen molar-refractivity contribution in [3.63, 3.8) is 0 Å². The van der Waals surface area contributed by atoms with Crippen LogP contribution in [0.1, 0.15) is 64.2 Å². The lowest BCUT2D eigenvalue weighted by Gasteiger charge is -2.29. The number of hydrogen-bond donors (Lipinski definition) is 1. The number of aliphatic hydroxyl groups excluding tert-OH is 1. The molecule has 1 unspecified atom stereocenters. The summed E-state index contributed by atoms with van der Waals surface area (Å²) in [5.41, 5.74) is 0. The van der Waals surface area contributed by atoms with Crippen LogP contribution in [0.25, 0.3) is 0 Å². The van der Waals surface area contributed by atoms with Crippen LogP contribution in [0.3, 0.4) is 0 Å². The van der Waals surface area contributed by atoms with Crippen molar-refractivity contribution in [2.75, 3.05) is 48.8 Å². The largest absolute Gasteiger partial charge is 0.412 e. The van der Waals surface area contributed by atoms with Gasteiger partial charge in [-0.2, -0.15) is 0 Å². The van der Waals surface area contributed by atoms with Gasteiger partial charge in [0.15, 0.2) is 6.23 Å². The molecule has 1 atom stereocenters. The summed E-state index contributed by atoms with van der Waals surface area (Å²) in [6.45, 7) is 1.30. The van der Waals surface area contributed by atoms with Gasteiger partial charge in [0.25, 0.3) is 0 Å². The standard InChI is InChI=1S/C18H42N2O.H2O/c1-19(2,3)17-15-13-11-9-7-8-10-12-14-16-18(21)20(4,5)6;/h18,21H,7-17H2,1-6H3;1H2/q+2;. The van der Waals surface area contributed by atoms with Crippen molar-refractivity contribution < 1.29 is 19.5 Å². The van der Waals surface area contributed by atoms with Gasteiger partial charge in [0.1, 0.15) is 0 Å². The molecule has 0 radical (unpaired) electrons. The van der Waals surface area contributed by atoms with Gasteiger partial charge < -0.3 is 19.5 Å². The molecule has 0 aliphatic rings. The van der Waals surface area contributed by atoms with Gasteiger partial charge in [0.2, 0.25) is 0 Å². The molecule has 0 aliphatic carbocycles. The van der Waals surface area contributed by atoms with E-state index in [2.05, 4.69) is 42.3 Å². The Morgan fingerprint density at radius 3 is 1.36 bits per heavy atom. The second-order valence-electron chi connectivity index (χ2n) is 8.58. The fourth-order valence-electron chi connectivity index (χ4n) is 2.54. The Hall–Kier alpha value is -0.160. The third-order valence-corrected chi connectivity index (χ3v) is 4.19. The van der Waals surface area contributed by atoms with Gasteiger partial charge in [-0.1, -0.05) is 38.5 Å². The lowest BCUT2D eigenvalue weighted by atomic mass is 10.1. The lowest BCUT2D eigenvalue weighted by Crippen LogP contribution is -2.44. The molecule has 0 aliphatic heterocycles. The molecule has 3 N–H and O–H groups in total. The Labute approximate surface area is 139 Å². The van der Waals surface area contributed by atoms with Crippen LogP contribution in [0.2, 0.25) is 0 Å². The molecule has 0 spiro atoms. The smallest absolute Gasteiger partial charge is 0.189 e. The first-order chi connectivity index (χ1) is 9.63. The van der Waals surface area contributed by atoms with Crippen LogP contribution in [0, 0.1) is 0 Å². The lowest BCUT2D eigenvalue weighted by molar-refractivity contribution is -0.919. The van der Waals surface area contributed by atoms with E-state index in [4.69, 9.17) is 0 Å². The van der Waals surface area contributed by atoms with E-state index in [9.17, 15) is 5.11 Å². The van der Waals surface area contributed by atoms with E-state index in [1.165, 1.54) is 64.3 Å². The number of unbranched alkanes of at least 4 members (excludes halogenated alkanes) is 8. The molecule has 0 bridgehead atoms. The molecule has 0 fully saturated rings. The summed E-state index contributed by atoms with van der Waals surface area (Å²) < 4.78 is 1.76. The van der Waals surface area contributed by atoms with Gasteiger partial charge in [-0.05, 0) is 19.3 Å². The van der Waals surface area contributed by atoms with Crippen molar-refractivity contribution >= 4 is 0 Å². The van der Waals surface area contributed by atoms with Crippen LogP contribution >= 0.6 is 0 Å². The minimum Gasteiger partial charge on any atom is -0.412 e. The minimum atomic E-state index is -0.203. The second kappa shape index (κ2) is 12.3. The highest BCUT2D eigenvalue weighted by molar-refractivity contribution is 4.49. The van der Waals surface area contributed by atoms with Crippen molar-refractivity contribution in [3.8, 4) is 0 Å². The molecule has 0 aromatic carbocycles. The zero-order valence-corrected chi connectivity index (χ0v) is 16.2. The topological polar surface area (TPSA) is 51.7 Å². The highest BCUT2D eigenvalue weighted by Gasteiger charge is 2.19. The molecule has 0 rings (SSSR count). The molecule has 0 heterocycles. The normalized spacial score (nSPS) is 13.8. The van der Waals surface area contributed by atoms with Gasteiger partial charge in [-0.25, -0.2) is 0 Å². The van der Waals surface area contributed by atoms with E-state index in [-0.39, 0.29) is 11.7 Å².